The second-order valence-corrected chi connectivity index (χ2v) is 5.76. The predicted octanol–water partition coefficient (Wildman–Crippen LogP) is 2.31. The highest BCUT2D eigenvalue weighted by Gasteiger charge is 2.27. The van der Waals surface area contributed by atoms with E-state index in [9.17, 15) is 5.11 Å². The molecule has 1 aromatic carbocycles. The average molecular weight is 278 g/mol. The Balaban J connectivity index is 2.28. The number of hydrogen-bond donors (Lipinski definition) is 2. The van der Waals surface area contributed by atoms with Gasteiger partial charge in [0.05, 0.1) is 18.3 Å². The molecular weight excluding hydrogens is 252 g/mol. The lowest BCUT2D eigenvalue weighted by Crippen LogP contribution is -2.42. The molecule has 0 bridgehead atoms. The van der Waals surface area contributed by atoms with E-state index in [1.807, 2.05) is 18.2 Å². The number of nitrogens with two attached hydrogens (primary N) is 1. The third-order valence-electron chi connectivity index (χ3n) is 3.95. The maximum Gasteiger partial charge on any atom is 0.143 e. The van der Waals surface area contributed by atoms with Crippen molar-refractivity contribution >= 4 is 5.69 Å². The van der Waals surface area contributed by atoms with Crippen LogP contribution in [0.3, 0.4) is 0 Å². The van der Waals surface area contributed by atoms with Gasteiger partial charge in [-0.25, -0.2) is 0 Å². The van der Waals surface area contributed by atoms with Gasteiger partial charge in [-0.3, -0.25) is 0 Å². The summed E-state index contributed by atoms with van der Waals surface area (Å²) in [5.41, 5.74) is 7.51. The SMILES string of the molecule is CCN1CC(C(C)C)Oc2ccc(C(O)CCN)cc21. The van der Waals surface area contributed by atoms with Gasteiger partial charge in [0.15, 0.2) is 0 Å². The molecule has 4 heteroatoms. The molecule has 0 saturated carbocycles. The lowest BCUT2D eigenvalue weighted by atomic mass is 10.0. The Hall–Kier alpha value is -1.26. The predicted molar refractivity (Wildman–Crippen MR) is 82.2 cm³/mol. The fourth-order valence-corrected chi connectivity index (χ4v) is 2.58. The third kappa shape index (κ3) is 3.07. The van der Waals surface area contributed by atoms with Crippen molar-refractivity contribution in [2.24, 2.45) is 11.7 Å². The highest BCUT2D eigenvalue weighted by Crippen LogP contribution is 2.37. The van der Waals surface area contributed by atoms with Crippen molar-refractivity contribution in [1.29, 1.82) is 0 Å². The quantitative estimate of drug-likeness (QED) is 0.868. The van der Waals surface area contributed by atoms with Crippen LogP contribution in [-0.4, -0.2) is 30.8 Å². The first-order valence-corrected chi connectivity index (χ1v) is 7.50. The van der Waals surface area contributed by atoms with E-state index < -0.39 is 6.10 Å². The molecule has 20 heavy (non-hydrogen) atoms. The molecule has 2 rings (SSSR count). The van der Waals surface area contributed by atoms with Crippen LogP contribution < -0.4 is 15.4 Å². The summed E-state index contributed by atoms with van der Waals surface area (Å²) in [7, 11) is 0. The van der Waals surface area contributed by atoms with E-state index in [1.54, 1.807) is 0 Å². The summed E-state index contributed by atoms with van der Waals surface area (Å²) in [4.78, 5) is 2.32. The van der Waals surface area contributed by atoms with E-state index in [0.717, 1.165) is 30.1 Å². The summed E-state index contributed by atoms with van der Waals surface area (Å²) in [6, 6.07) is 5.95. The van der Waals surface area contributed by atoms with Crippen molar-refractivity contribution in [2.75, 3.05) is 24.5 Å². The first-order chi connectivity index (χ1) is 9.56. The minimum atomic E-state index is -0.494. The standard InChI is InChI=1S/C16H26N2O2/c1-4-18-10-16(11(2)3)20-15-6-5-12(9-13(15)18)14(19)7-8-17/h5-6,9,11,14,16,19H,4,7-8,10,17H2,1-3H3. The van der Waals surface area contributed by atoms with E-state index in [-0.39, 0.29) is 6.10 Å². The van der Waals surface area contributed by atoms with Gasteiger partial charge >= 0.3 is 0 Å². The van der Waals surface area contributed by atoms with E-state index in [2.05, 4.69) is 25.7 Å². The molecule has 0 aliphatic carbocycles. The molecule has 2 unspecified atom stereocenters. The smallest absolute Gasteiger partial charge is 0.143 e. The van der Waals surface area contributed by atoms with Crippen LogP contribution in [0.25, 0.3) is 0 Å². The van der Waals surface area contributed by atoms with Crippen molar-refractivity contribution in [2.45, 2.75) is 39.4 Å². The molecule has 1 aliphatic heterocycles. The highest BCUT2D eigenvalue weighted by molar-refractivity contribution is 5.62. The number of aliphatic hydroxyl groups excluding tert-OH is 1. The van der Waals surface area contributed by atoms with Crippen LogP contribution in [-0.2, 0) is 0 Å². The van der Waals surface area contributed by atoms with Crippen LogP contribution in [0.1, 0.15) is 38.9 Å². The summed E-state index contributed by atoms with van der Waals surface area (Å²) >= 11 is 0. The lowest BCUT2D eigenvalue weighted by molar-refractivity contribution is 0.145. The molecule has 0 saturated heterocycles. The summed E-state index contributed by atoms with van der Waals surface area (Å²) in [5.74, 6) is 1.40. The second kappa shape index (κ2) is 6.46. The minimum absolute atomic E-state index is 0.224. The Morgan fingerprint density at radius 2 is 2.20 bits per heavy atom. The van der Waals surface area contributed by atoms with Crippen molar-refractivity contribution < 1.29 is 9.84 Å². The Labute approximate surface area is 121 Å². The van der Waals surface area contributed by atoms with E-state index in [1.165, 1.54) is 0 Å². The number of fused-ring (bicyclic) bond motifs is 1. The van der Waals surface area contributed by atoms with Gasteiger partial charge in [-0.15, -0.1) is 0 Å². The molecule has 1 aliphatic rings. The summed E-state index contributed by atoms with van der Waals surface area (Å²) in [6.07, 6.45) is 0.314. The zero-order valence-corrected chi connectivity index (χ0v) is 12.7. The van der Waals surface area contributed by atoms with Crippen LogP contribution >= 0.6 is 0 Å². The van der Waals surface area contributed by atoms with E-state index in [4.69, 9.17) is 10.5 Å². The zero-order valence-electron chi connectivity index (χ0n) is 12.7. The number of anilines is 1. The van der Waals surface area contributed by atoms with Crippen molar-refractivity contribution in [3.8, 4) is 5.75 Å². The number of benzene rings is 1. The van der Waals surface area contributed by atoms with Gasteiger partial charge in [-0.2, -0.15) is 0 Å². The largest absolute Gasteiger partial charge is 0.486 e. The summed E-state index contributed by atoms with van der Waals surface area (Å²) in [6.45, 7) is 8.84. The third-order valence-corrected chi connectivity index (χ3v) is 3.95. The minimum Gasteiger partial charge on any atom is -0.486 e. The van der Waals surface area contributed by atoms with Crippen LogP contribution in [0, 0.1) is 5.92 Å². The Morgan fingerprint density at radius 3 is 2.80 bits per heavy atom. The molecule has 1 aromatic rings. The first-order valence-electron chi connectivity index (χ1n) is 7.50. The molecule has 0 radical (unpaired) electrons. The zero-order chi connectivity index (χ0) is 14.7. The van der Waals surface area contributed by atoms with E-state index >= 15 is 0 Å². The Morgan fingerprint density at radius 1 is 1.45 bits per heavy atom. The Kier molecular flexibility index (Phi) is 4.89. The Bertz CT molecular complexity index is 448. The maximum atomic E-state index is 10.1. The van der Waals surface area contributed by atoms with Crippen LogP contribution in [0.2, 0.25) is 0 Å². The first kappa shape index (κ1) is 15.1. The molecular formula is C16H26N2O2. The van der Waals surface area contributed by atoms with Gasteiger partial charge in [-0.1, -0.05) is 19.9 Å². The average Bonchev–Trinajstić information content (AvgIpc) is 2.45. The number of hydrogen-bond acceptors (Lipinski definition) is 4. The summed E-state index contributed by atoms with van der Waals surface area (Å²) < 4.78 is 6.07. The van der Waals surface area contributed by atoms with Crippen LogP contribution in [0.15, 0.2) is 18.2 Å². The van der Waals surface area contributed by atoms with E-state index in [0.29, 0.717) is 18.9 Å². The molecule has 0 amide bonds. The number of rotatable bonds is 5. The van der Waals surface area contributed by atoms with Crippen molar-refractivity contribution in [3.05, 3.63) is 23.8 Å². The molecule has 0 fully saturated rings. The van der Waals surface area contributed by atoms with Gasteiger partial charge in [0.2, 0.25) is 0 Å². The molecule has 3 N–H and O–H groups in total. The molecule has 112 valence electrons. The maximum absolute atomic E-state index is 10.1. The molecule has 0 spiro atoms. The molecule has 2 atom stereocenters. The molecule has 1 heterocycles. The fourth-order valence-electron chi connectivity index (χ4n) is 2.58. The molecule has 4 nitrogen and oxygen atoms in total. The van der Waals surface area contributed by atoms with Gasteiger partial charge in [-0.05, 0) is 43.5 Å². The normalized spacial score (nSPS) is 19.7. The monoisotopic (exact) mass is 278 g/mol. The van der Waals surface area contributed by atoms with Crippen molar-refractivity contribution in [3.63, 3.8) is 0 Å². The number of ether oxygens (including phenoxy) is 1. The topological polar surface area (TPSA) is 58.7 Å². The van der Waals surface area contributed by atoms with Gasteiger partial charge < -0.3 is 20.5 Å². The number of likely N-dealkylation sites (N-methyl/N-ethyl adjacent to an activating group) is 1. The number of nitrogens with zero attached hydrogens (tertiary/aromatic N) is 1. The molecule has 0 aromatic heterocycles. The van der Waals surface area contributed by atoms with Gasteiger partial charge in [0.25, 0.3) is 0 Å². The van der Waals surface area contributed by atoms with Crippen LogP contribution in [0.5, 0.6) is 5.75 Å². The van der Waals surface area contributed by atoms with Crippen LogP contribution in [0.4, 0.5) is 5.69 Å². The van der Waals surface area contributed by atoms with Gasteiger partial charge in [0, 0.05) is 6.54 Å². The van der Waals surface area contributed by atoms with Gasteiger partial charge in [0.1, 0.15) is 11.9 Å². The summed E-state index contributed by atoms with van der Waals surface area (Å²) in [5, 5.41) is 10.1. The lowest BCUT2D eigenvalue weighted by Gasteiger charge is -2.37. The van der Waals surface area contributed by atoms with Crippen molar-refractivity contribution in [1.82, 2.24) is 0 Å². The second-order valence-electron chi connectivity index (χ2n) is 5.76. The highest BCUT2D eigenvalue weighted by atomic mass is 16.5. The fraction of sp³-hybridized carbons (Fsp3) is 0.625. The number of aliphatic hydroxyl groups is 1.